The molecule has 1 aliphatic carbocycles. The molecule has 3 aliphatic heterocycles. The highest BCUT2D eigenvalue weighted by molar-refractivity contribution is 6.03. The molecule has 1 aromatic carbocycles. The number of aliphatic hydroxyl groups is 1. The van der Waals surface area contributed by atoms with E-state index in [1.165, 1.54) is 13.2 Å². The van der Waals surface area contributed by atoms with Crippen molar-refractivity contribution < 1.29 is 24.2 Å². The Morgan fingerprint density at radius 3 is 2.56 bits per heavy atom. The number of aliphatic imine (C=N–C) groups is 2. The van der Waals surface area contributed by atoms with Crippen molar-refractivity contribution >= 4 is 29.8 Å². The first kappa shape index (κ1) is 29.1. The van der Waals surface area contributed by atoms with Crippen molar-refractivity contribution in [2.24, 2.45) is 9.98 Å². The minimum absolute atomic E-state index is 0.0908. The molecule has 11 heteroatoms. The fourth-order valence-electron chi connectivity index (χ4n) is 7.10. The third kappa shape index (κ3) is 5.96. The Bertz CT molecular complexity index is 1430. The Morgan fingerprint density at radius 2 is 1.84 bits per heavy atom. The van der Waals surface area contributed by atoms with Gasteiger partial charge in [-0.2, -0.15) is 0 Å². The molecular weight excluding hydrogens is 548 g/mol. The van der Waals surface area contributed by atoms with Crippen LogP contribution in [-0.4, -0.2) is 101 Å². The Kier molecular flexibility index (Phi) is 8.36. The number of fused-ring (bicyclic) bond motifs is 1. The number of likely N-dealkylation sites (tertiary alicyclic amines) is 2. The number of carbonyl (C=O) groups is 3. The number of pyridine rings is 1. The second-order valence-electron chi connectivity index (χ2n) is 11.8. The summed E-state index contributed by atoms with van der Waals surface area (Å²) in [5, 5.41) is 14.2. The molecule has 3 fully saturated rings. The zero-order valence-electron chi connectivity index (χ0n) is 24.4. The van der Waals surface area contributed by atoms with Gasteiger partial charge in [-0.1, -0.05) is 6.07 Å². The van der Waals surface area contributed by atoms with E-state index in [2.05, 4.69) is 25.2 Å². The van der Waals surface area contributed by atoms with Crippen LogP contribution >= 0.6 is 0 Å². The standard InChI is InChI=1S/C32H38N6O5/c1-43-31(41)22-5-2-4-21(18-22)30(40)36-20-28(39)38-17-11-25-26(38)10-16-37(25)24-8-12-32(42,13-9-24)27-7-6-23(19-35-27)29-33-14-3-15-34-29/h2,4-7,14,18-19,24-26,42H,3,8-13,15-17,20H2,1H3,(H,36,40)/t24-,25?,26?,32+. The average Bonchev–Trinajstić information content (AvgIpc) is 3.67. The number of esters is 1. The zero-order valence-corrected chi connectivity index (χ0v) is 24.4. The van der Waals surface area contributed by atoms with Gasteiger partial charge in [-0.05, 0) is 68.9 Å². The van der Waals surface area contributed by atoms with Crippen molar-refractivity contribution in [3.05, 3.63) is 65.0 Å². The predicted molar refractivity (Wildman–Crippen MR) is 160 cm³/mol. The molecule has 2 unspecified atom stereocenters. The van der Waals surface area contributed by atoms with Gasteiger partial charge in [0, 0.05) is 67.7 Å². The fourth-order valence-corrected chi connectivity index (χ4v) is 7.10. The number of carbonyl (C=O) groups excluding carboxylic acids is 3. The fraction of sp³-hybridized carbons (Fsp3) is 0.500. The van der Waals surface area contributed by atoms with E-state index in [1.807, 2.05) is 23.2 Å². The lowest BCUT2D eigenvalue weighted by molar-refractivity contribution is -0.130. The summed E-state index contributed by atoms with van der Waals surface area (Å²) >= 11 is 0. The second-order valence-corrected chi connectivity index (χ2v) is 11.8. The van der Waals surface area contributed by atoms with Crippen molar-refractivity contribution in [3.8, 4) is 0 Å². The van der Waals surface area contributed by atoms with E-state index in [4.69, 9.17) is 4.74 Å². The third-order valence-corrected chi connectivity index (χ3v) is 9.37. The van der Waals surface area contributed by atoms with Gasteiger partial charge in [-0.15, -0.1) is 0 Å². The second kappa shape index (κ2) is 12.3. The van der Waals surface area contributed by atoms with Gasteiger partial charge in [-0.3, -0.25) is 24.5 Å². The first-order valence-corrected chi connectivity index (χ1v) is 15.1. The molecule has 2 amide bonds. The number of hydrogen-bond acceptors (Lipinski definition) is 9. The van der Waals surface area contributed by atoms with E-state index in [1.54, 1.807) is 24.4 Å². The van der Waals surface area contributed by atoms with Crippen molar-refractivity contribution in [1.82, 2.24) is 20.1 Å². The van der Waals surface area contributed by atoms with E-state index in [0.717, 1.165) is 50.8 Å². The van der Waals surface area contributed by atoms with E-state index < -0.39 is 17.5 Å². The van der Waals surface area contributed by atoms with Gasteiger partial charge >= 0.3 is 5.97 Å². The topological polar surface area (TPSA) is 137 Å². The number of rotatable bonds is 7. The Balaban J connectivity index is 1.01. The van der Waals surface area contributed by atoms with Crippen molar-refractivity contribution in [2.75, 3.05) is 33.3 Å². The molecule has 4 heterocycles. The van der Waals surface area contributed by atoms with Crippen LogP contribution in [0.25, 0.3) is 0 Å². The van der Waals surface area contributed by atoms with Gasteiger partial charge < -0.3 is 20.1 Å². The highest BCUT2D eigenvalue weighted by Crippen LogP contribution is 2.42. The largest absolute Gasteiger partial charge is 0.465 e. The van der Waals surface area contributed by atoms with E-state index in [9.17, 15) is 19.5 Å². The van der Waals surface area contributed by atoms with Gasteiger partial charge in [-0.25, -0.2) is 9.79 Å². The van der Waals surface area contributed by atoms with Gasteiger partial charge in [0.25, 0.3) is 5.91 Å². The summed E-state index contributed by atoms with van der Waals surface area (Å²) in [6.07, 6.45) is 9.33. The molecule has 2 saturated heterocycles. The number of nitrogens with one attached hydrogen (secondary N) is 1. The smallest absolute Gasteiger partial charge is 0.337 e. The van der Waals surface area contributed by atoms with Crippen LogP contribution in [0, 0.1) is 0 Å². The van der Waals surface area contributed by atoms with Crippen LogP contribution in [0.2, 0.25) is 0 Å². The molecule has 2 N–H and O–H groups in total. The summed E-state index contributed by atoms with van der Waals surface area (Å²) in [6, 6.07) is 10.9. The lowest BCUT2D eigenvalue weighted by atomic mass is 9.79. The van der Waals surface area contributed by atoms with Gasteiger partial charge in [0.05, 0.1) is 24.9 Å². The molecule has 0 bridgehead atoms. The number of amidine groups is 1. The summed E-state index contributed by atoms with van der Waals surface area (Å²) < 4.78 is 4.72. The number of benzene rings is 1. The maximum Gasteiger partial charge on any atom is 0.337 e. The molecule has 226 valence electrons. The minimum Gasteiger partial charge on any atom is -0.465 e. The SMILES string of the molecule is COC(=O)c1cccc(C(=O)NCC(=O)N2CCC3C2CCN3[C@H]2CC[C@](O)(c3ccc(C4=NCCC=N4)cn3)CC2)c1. The van der Waals surface area contributed by atoms with Gasteiger partial charge in [0.1, 0.15) is 5.60 Å². The number of amides is 2. The molecule has 1 saturated carbocycles. The quantitative estimate of drug-likeness (QED) is 0.475. The molecule has 2 aromatic rings. The Morgan fingerprint density at radius 1 is 1.05 bits per heavy atom. The maximum absolute atomic E-state index is 13.2. The number of aromatic nitrogens is 1. The summed E-state index contributed by atoms with van der Waals surface area (Å²) in [5.41, 5.74) is 1.21. The normalized spacial score (nSPS) is 27.0. The highest BCUT2D eigenvalue weighted by Gasteiger charge is 2.48. The van der Waals surface area contributed by atoms with Gasteiger partial charge in [0.15, 0.2) is 5.84 Å². The molecule has 4 aliphatic rings. The van der Waals surface area contributed by atoms with Crippen LogP contribution in [-0.2, 0) is 15.1 Å². The Hall–Kier alpha value is -3.96. The van der Waals surface area contributed by atoms with E-state index in [0.29, 0.717) is 48.6 Å². The van der Waals surface area contributed by atoms with Gasteiger partial charge in [0.2, 0.25) is 5.91 Å². The van der Waals surface area contributed by atoms with Crippen LogP contribution in [0.1, 0.15) is 76.9 Å². The van der Waals surface area contributed by atoms with Crippen molar-refractivity contribution in [2.45, 2.75) is 68.7 Å². The van der Waals surface area contributed by atoms with Crippen LogP contribution in [0.3, 0.4) is 0 Å². The van der Waals surface area contributed by atoms with E-state index >= 15 is 0 Å². The summed E-state index contributed by atoms with van der Waals surface area (Å²) in [5.74, 6) is -0.322. The van der Waals surface area contributed by atoms with Crippen LogP contribution in [0.4, 0.5) is 0 Å². The summed E-state index contributed by atoms with van der Waals surface area (Å²) in [7, 11) is 1.29. The summed E-state index contributed by atoms with van der Waals surface area (Å²) in [6.45, 7) is 2.24. The third-order valence-electron chi connectivity index (χ3n) is 9.37. The van der Waals surface area contributed by atoms with E-state index in [-0.39, 0.29) is 24.1 Å². The lowest BCUT2D eigenvalue weighted by Gasteiger charge is -2.41. The zero-order chi connectivity index (χ0) is 30.0. The maximum atomic E-state index is 13.2. The number of ether oxygens (including phenoxy) is 1. The summed E-state index contributed by atoms with van der Waals surface area (Å²) in [4.78, 5) is 55.5. The minimum atomic E-state index is -0.946. The molecule has 0 spiro atoms. The predicted octanol–water partition coefficient (Wildman–Crippen LogP) is 2.32. The Labute approximate surface area is 251 Å². The molecule has 43 heavy (non-hydrogen) atoms. The number of methoxy groups -OCH3 is 1. The van der Waals surface area contributed by atoms with Crippen LogP contribution in [0.5, 0.6) is 0 Å². The molecule has 6 rings (SSSR count). The van der Waals surface area contributed by atoms with Crippen LogP contribution in [0.15, 0.2) is 52.6 Å². The molecular formula is C32H38N6O5. The monoisotopic (exact) mass is 586 g/mol. The molecule has 2 atom stereocenters. The average molecular weight is 587 g/mol. The first-order chi connectivity index (χ1) is 20.9. The number of hydrogen-bond donors (Lipinski definition) is 2. The highest BCUT2D eigenvalue weighted by atomic mass is 16.5. The lowest BCUT2D eigenvalue weighted by Crippen LogP contribution is -2.47. The van der Waals surface area contributed by atoms with Crippen molar-refractivity contribution in [3.63, 3.8) is 0 Å². The first-order valence-electron chi connectivity index (χ1n) is 15.1. The molecule has 11 nitrogen and oxygen atoms in total. The molecule has 1 aromatic heterocycles. The van der Waals surface area contributed by atoms with Crippen molar-refractivity contribution in [1.29, 1.82) is 0 Å². The number of nitrogens with zero attached hydrogens (tertiary/aromatic N) is 5. The van der Waals surface area contributed by atoms with Crippen LogP contribution < -0.4 is 5.32 Å². The molecule has 0 radical (unpaired) electrons.